The van der Waals surface area contributed by atoms with Gasteiger partial charge in [-0.2, -0.15) is 0 Å². The average molecular weight is 277 g/mol. The first kappa shape index (κ1) is 12.9. The summed E-state index contributed by atoms with van der Waals surface area (Å²) in [6.07, 6.45) is 7.90. The van der Waals surface area contributed by atoms with E-state index in [0.717, 1.165) is 23.1 Å². The maximum absolute atomic E-state index is 10.1. The van der Waals surface area contributed by atoms with Gasteiger partial charge in [-0.05, 0) is 24.5 Å². The molecule has 1 fully saturated rings. The largest absolute Gasteiger partial charge is 0.392 e. The summed E-state index contributed by atoms with van der Waals surface area (Å²) >= 11 is 1.59. The van der Waals surface area contributed by atoms with Crippen LogP contribution < -0.4 is 0 Å². The molecule has 102 valence electrons. The molecule has 2 heterocycles. The number of fused-ring (bicyclic) bond motifs is 1. The van der Waals surface area contributed by atoms with Crippen LogP contribution in [0.3, 0.4) is 0 Å². The second-order valence-electron chi connectivity index (χ2n) is 5.26. The number of pyridine rings is 1. The third kappa shape index (κ3) is 3.09. The first-order valence-electron chi connectivity index (χ1n) is 6.93. The number of rotatable bonds is 5. The van der Waals surface area contributed by atoms with E-state index in [1.807, 2.05) is 28.8 Å². The van der Waals surface area contributed by atoms with Gasteiger partial charge in [-0.1, -0.05) is 43.5 Å². The van der Waals surface area contributed by atoms with Gasteiger partial charge in [0.25, 0.3) is 0 Å². The molecule has 1 aliphatic carbocycles. The summed E-state index contributed by atoms with van der Waals surface area (Å²) in [7, 11) is 0. The van der Waals surface area contributed by atoms with Crippen LogP contribution in [-0.2, 0) is 0 Å². The summed E-state index contributed by atoms with van der Waals surface area (Å²) in [6.45, 7) is 0. The zero-order chi connectivity index (χ0) is 13.1. The molecule has 1 atom stereocenters. The third-order valence-corrected chi connectivity index (χ3v) is 4.86. The van der Waals surface area contributed by atoms with E-state index >= 15 is 0 Å². The molecule has 19 heavy (non-hydrogen) atoms. The number of thioether (sulfide) groups is 1. The Kier molecular flexibility index (Phi) is 4.03. The van der Waals surface area contributed by atoms with Gasteiger partial charge in [-0.3, -0.25) is 4.40 Å². The average Bonchev–Trinajstić information content (AvgIpc) is 3.05. The van der Waals surface area contributed by atoms with E-state index in [4.69, 9.17) is 0 Å². The Bertz CT molecular complexity index is 536. The van der Waals surface area contributed by atoms with Crippen molar-refractivity contribution in [3.63, 3.8) is 0 Å². The smallest absolute Gasteiger partial charge is 0.195 e. The van der Waals surface area contributed by atoms with Gasteiger partial charge in [-0.15, -0.1) is 10.2 Å². The predicted octanol–water partition coefficient (Wildman–Crippen LogP) is 2.76. The van der Waals surface area contributed by atoms with Gasteiger partial charge in [0, 0.05) is 11.9 Å². The summed E-state index contributed by atoms with van der Waals surface area (Å²) in [5.74, 6) is 1.43. The molecule has 3 rings (SSSR count). The maximum Gasteiger partial charge on any atom is 0.195 e. The van der Waals surface area contributed by atoms with Crippen molar-refractivity contribution < 1.29 is 5.11 Å². The van der Waals surface area contributed by atoms with Gasteiger partial charge in [0.2, 0.25) is 0 Å². The van der Waals surface area contributed by atoms with Crippen molar-refractivity contribution in [3.05, 3.63) is 24.4 Å². The number of aromatic nitrogens is 3. The molecule has 1 N–H and O–H groups in total. The van der Waals surface area contributed by atoms with E-state index in [1.165, 1.54) is 25.7 Å². The van der Waals surface area contributed by atoms with Crippen molar-refractivity contribution in [2.24, 2.45) is 5.92 Å². The van der Waals surface area contributed by atoms with Crippen LogP contribution in [0.5, 0.6) is 0 Å². The van der Waals surface area contributed by atoms with E-state index in [1.54, 1.807) is 11.8 Å². The lowest BCUT2D eigenvalue weighted by Crippen LogP contribution is -2.14. The van der Waals surface area contributed by atoms with Crippen molar-refractivity contribution in [3.8, 4) is 0 Å². The minimum Gasteiger partial charge on any atom is -0.392 e. The minimum atomic E-state index is -0.232. The van der Waals surface area contributed by atoms with Crippen LogP contribution >= 0.6 is 11.8 Å². The van der Waals surface area contributed by atoms with Gasteiger partial charge < -0.3 is 5.11 Å². The van der Waals surface area contributed by atoms with Gasteiger partial charge in [0.05, 0.1) is 6.10 Å². The molecule has 1 unspecified atom stereocenters. The van der Waals surface area contributed by atoms with Crippen LogP contribution in [0.2, 0.25) is 0 Å². The zero-order valence-electron chi connectivity index (χ0n) is 10.9. The fraction of sp³-hybridized carbons (Fsp3) is 0.571. The molecule has 0 spiro atoms. The van der Waals surface area contributed by atoms with E-state index in [9.17, 15) is 5.11 Å². The lowest BCUT2D eigenvalue weighted by molar-refractivity contribution is 0.165. The van der Waals surface area contributed by atoms with E-state index in [-0.39, 0.29) is 6.10 Å². The predicted molar refractivity (Wildman–Crippen MR) is 76.3 cm³/mol. The van der Waals surface area contributed by atoms with Gasteiger partial charge in [-0.25, -0.2) is 0 Å². The highest BCUT2D eigenvalue weighted by Gasteiger charge is 2.19. The third-order valence-electron chi connectivity index (χ3n) is 3.77. The van der Waals surface area contributed by atoms with Crippen LogP contribution in [0.15, 0.2) is 29.6 Å². The molecule has 5 heteroatoms. The molecule has 1 aliphatic rings. The van der Waals surface area contributed by atoms with E-state index in [2.05, 4.69) is 10.2 Å². The van der Waals surface area contributed by atoms with Crippen molar-refractivity contribution in [1.29, 1.82) is 0 Å². The molecule has 2 aromatic rings. The molecule has 0 radical (unpaired) electrons. The Morgan fingerprint density at radius 3 is 3.00 bits per heavy atom. The minimum absolute atomic E-state index is 0.232. The standard InChI is InChI=1S/C14H19N3OS/c18-12(9-11-5-1-2-6-11)10-19-14-16-15-13-7-3-4-8-17(13)14/h3-4,7-8,11-12,18H,1-2,5-6,9-10H2. The SMILES string of the molecule is OC(CSc1nnc2ccccn12)CC1CCCC1. The summed E-state index contributed by atoms with van der Waals surface area (Å²) in [5, 5.41) is 19.2. The molecule has 1 saturated carbocycles. The second kappa shape index (κ2) is 5.92. The van der Waals surface area contributed by atoms with Crippen molar-refractivity contribution in [2.45, 2.75) is 43.4 Å². The fourth-order valence-corrected chi connectivity index (χ4v) is 3.66. The molecule has 0 bridgehead atoms. The van der Waals surface area contributed by atoms with Crippen molar-refractivity contribution in [1.82, 2.24) is 14.6 Å². The number of hydrogen-bond donors (Lipinski definition) is 1. The summed E-state index contributed by atoms with van der Waals surface area (Å²) < 4.78 is 1.97. The van der Waals surface area contributed by atoms with Crippen LogP contribution in [0, 0.1) is 5.92 Å². The monoisotopic (exact) mass is 277 g/mol. The van der Waals surface area contributed by atoms with Gasteiger partial charge >= 0.3 is 0 Å². The normalized spacial score (nSPS) is 18.2. The quantitative estimate of drug-likeness (QED) is 0.854. The van der Waals surface area contributed by atoms with Crippen LogP contribution in [0.25, 0.3) is 5.65 Å². The number of aliphatic hydroxyl groups is 1. The Morgan fingerprint density at radius 1 is 1.32 bits per heavy atom. The number of aliphatic hydroxyl groups excluding tert-OH is 1. The zero-order valence-corrected chi connectivity index (χ0v) is 11.7. The Balaban J connectivity index is 1.56. The summed E-state index contributed by atoms with van der Waals surface area (Å²) in [4.78, 5) is 0. The van der Waals surface area contributed by atoms with Crippen LogP contribution in [0.1, 0.15) is 32.1 Å². The van der Waals surface area contributed by atoms with Crippen LogP contribution in [-0.4, -0.2) is 31.6 Å². The van der Waals surface area contributed by atoms with Crippen LogP contribution in [0.4, 0.5) is 0 Å². The molecule has 0 aromatic carbocycles. The Hall–Kier alpha value is -1.07. The Labute approximate surface area is 117 Å². The lowest BCUT2D eigenvalue weighted by atomic mass is 10.0. The first-order chi connectivity index (χ1) is 9.33. The summed E-state index contributed by atoms with van der Waals surface area (Å²) in [5.41, 5.74) is 0.857. The van der Waals surface area contributed by atoms with E-state index < -0.39 is 0 Å². The van der Waals surface area contributed by atoms with Crippen molar-refractivity contribution in [2.75, 3.05) is 5.75 Å². The molecular weight excluding hydrogens is 258 g/mol. The molecule has 0 amide bonds. The molecule has 0 saturated heterocycles. The first-order valence-corrected chi connectivity index (χ1v) is 7.92. The fourth-order valence-electron chi connectivity index (χ4n) is 2.79. The molecule has 0 aliphatic heterocycles. The lowest BCUT2D eigenvalue weighted by Gasteiger charge is -2.14. The Morgan fingerprint density at radius 2 is 2.16 bits per heavy atom. The molecule has 2 aromatic heterocycles. The highest BCUT2D eigenvalue weighted by atomic mass is 32.2. The highest BCUT2D eigenvalue weighted by Crippen LogP contribution is 2.29. The number of nitrogens with zero attached hydrogens (tertiary/aromatic N) is 3. The molecular formula is C14H19N3OS. The molecule has 4 nitrogen and oxygen atoms in total. The van der Waals surface area contributed by atoms with Gasteiger partial charge in [0.1, 0.15) is 0 Å². The number of hydrogen-bond acceptors (Lipinski definition) is 4. The summed E-state index contributed by atoms with van der Waals surface area (Å²) in [6, 6.07) is 5.86. The van der Waals surface area contributed by atoms with Crippen molar-refractivity contribution >= 4 is 17.4 Å². The topological polar surface area (TPSA) is 50.4 Å². The van der Waals surface area contributed by atoms with Gasteiger partial charge in [0.15, 0.2) is 10.8 Å². The highest BCUT2D eigenvalue weighted by molar-refractivity contribution is 7.99. The van der Waals surface area contributed by atoms with E-state index in [0.29, 0.717) is 5.75 Å². The second-order valence-corrected chi connectivity index (χ2v) is 6.25. The maximum atomic E-state index is 10.1.